The van der Waals surface area contributed by atoms with E-state index in [4.69, 9.17) is 5.73 Å². The Kier molecular flexibility index (Phi) is 5.71. The zero-order valence-corrected chi connectivity index (χ0v) is 12.7. The minimum Gasteiger partial charge on any atom is -0.469 e. The van der Waals surface area contributed by atoms with Gasteiger partial charge in [0.05, 0.1) is 19.3 Å². The van der Waals surface area contributed by atoms with E-state index in [-0.39, 0.29) is 6.42 Å². The van der Waals surface area contributed by atoms with Crippen LogP contribution >= 0.6 is 0 Å². The quantitative estimate of drug-likeness (QED) is 0.583. The summed E-state index contributed by atoms with van der Waals surface area (Å²) in [5, 5.41) is 2.49. The summed E-state index contributed by atoms with van der Waals surface area (Å²) >= 11 is 0. The molecule has 116 valence electrons. The zero-order valence-electron chi connectivity index (χ0n) is 11.9. The number of aryl methyl sites for hydroxylation is 1. The first-order chi connectivity index (χ1) is 9.73. The summed E-state index contributed by atoms with van der Waals surface area (Å²) in [7, 11) is -2.50. The van der Waals surface area contributed by atoms with Crippen LogP contribution in [0.15, 0.2) is 18.2 Å². The Bertz CT molecular complexity index is 640. The number of hydrogen-bond acceptors (Lipinski definition) is 6. The highest BCUT2D eigenvalue weighted by Crippen LogP contribution is 2.18. The van der Waals surface area contributed by atoms with Gasteiger partial charge < -0.3 is 15.8 Å². The van der Waals surface area contributed by atoms with Gasteiger partial charge in [0.15, 0.2) is 9.84 Å². The van der Waals surface area contributed by atoms with E-state index in [1.807, 2.05) is 0 Å². The second kappa shape index (κ2) is 7.07. The van der Waals surface area contributed by atoms with Crippen molar-refractivity contribution < 1.29 is 22.7 Å². The molecular formula is C13H18N2O5S. The fraction of sp³-hybridized carbons (Fsp3) is 0.385. The predicted molar refractivity (Wildman–Crippen MR) is 79.5 cm³/mol. The molecule has 21 heavy (non-hydrogen) atoms. The molecule has 0 aliphatic heterocycles. The van der Waals surface area contributed by atoms with Crippen LogP contribution in [0.2, 0.25) is 0 Å². The van der Waals surface area contributed by atoms with Crippen molar-refractivity contribution in [2.24, 2.45) is 0 Å². The maximum absolute atomic E-state index is 11.8. The van der Waals surface area contributed by atoms with Crippen LogP contribution in [0.3, 0.4) is 0 Å². The van der Waals surface area contributed by atoms with Gasteiger partial charge in [-0.05, 0) is 24.6 Å². The van der Waals surface area contributed by atoms with Crippen LogP contribution < -0.4 is 11.1 Å². The van der Waals surface area contributed by atoms with Crippen molar-refractivity contribution in [1.82, 2.24) is 0 Å². The molecule has 1 aromatic rings. The van der Waals surface area contributed by atoms with E-state index in [0.717, 1.165) is 5.56 Å². The minimum atomic E-state index is -3.67. The van der Waals surface area contributed by atoms with E-state index in [0.29, 0.717) is 11.4 Å². The fourth-order valence-corrected chi connectivity index (χ4v) is 2.67. The summed E-state index contributed by atoms with van der Waals surface area (Å²) < 4.78 is 27.8. The lowest BCUT2D eigenvalue weighted by Gasteiger charge is -2.09. The van der Waals surface area contributed by atoms with Gasteiger partial charge in [-0.2, -0.15) is 0 Å². The van der Waals surface area contributed by atoms with Gasteiger partial charge in [0, 0.05) is 11.4 Å². The Labute approximate surface area is 123 Å². The average molecular weight is 314 g/mol. The molecule has 0 bridgehead atoms. The number of sulfone groups is 1. The average Bonchev–Trinajstić information content (AvgIpc) is 2.39. The molecule has 0 saturated carbocycles. The van der Waals surface area contributed by atoms with Gasteiger partial charge >= 0.3 is 5.97 Å². The summed E-state index contributed by atoms with van der Waals surface area (Å²) in [6.45, 7) is 1.76. The van der Waals surface area contributed by atoms with Gasteiger partial charge in [-0.1, -0.05) is 6.07 Å². The predicted octanol–water partition coefficient (Wildman–Crippen LogP) is 0.494. The lowest BCUT2D eigenvalue weighted by Crippen LogP contribution is -2.26. The standard InChI is InChI=1S/C13H18N2O5S/c1-9-3-4-10(14)7-11(9)15-12(16)8-21(18,19)6-5-13(17)20-2/h3-4,7H,5-6,8,14H2,1-2H3,(H,15,16). The summed E-state index contributed by atoms with van der Waals surface area (Å²) in [6.07, 6.45) is -0.274. The number of anilines is 2. The second-order valence-corrected chi connectivity index (χ2v) is 6.72. The maximum atomic E-state index is 11.8. The van der Waals surface area contributed by atoms with E-state index in [1.54, 1.807) is 25.1 Å². The Morgan fingerprint density at radius 2 is 2.00 bits per heavy atom. The van der Waals surface area contributed by atoms with E-state index < -0.39 is 33.2 Å². The topological polar surface area (TPSA) is 116 Å². The molecule has 0 unspecified atom stereocenters. The van der Waals surface area contributed by atoms with Crippen LogP contribution in [-0.2, 0) is 24.2 Å². The first-order valence-corrected chi connectivity index (χ1v) is 7.99. The SMILES string of the molecule is COC(=O)CCS(=O)(=O)CC(=O)Nc1cc(N)ccc1C. The highest BCUT2D eigenvalue weighted by molar-refractivity contribution is 7.92. The molecule has 0 fully saturated rings. The largest absolute Gasteiger partial charge is 0.469 e. The molecule has 3 N–H and O–H groups in total. The molecule has 0 heterocycles. The number of nitrogen functional groups attached to an aromatic ring is 1. The summed E-state index contributed by atoms with van der Waals surface area (Å²) in [4.78, 5) is 22.7. The van der Waals surface area contributed by atoms with Gasteiger partial charge in [0.1, 0.15) is 5.75 Å². The monoisotopic (exact) mass is 314 g/mol. The molecule has 0 saturated heterocycles. The summed E-state index contributed by atoms with van der Waals surface area (Å²) in [5.74, 6) is -2.43. The maximum Gasteiger partial charge on any atom is 0.306 e. The highest BCUT2D eigenvalue weighted by atomic mass is 32.2. The number of nitrogens with two attached hydrogens (primary N) is 1. The molecule has 1 aromatic carbocycles. The van der Waals surface area contributed by atoms with E-state index in [1.165, 1.54) is 7.11 Å². The fourth-order valence-electron chi connectivity index (χ4n) is 1.57. The third kappa shape index (κ3) is 5.82. The molecule has 0 aromatic heterocycles. The smallest absolute Gasteiger partial charge is 0.306 e. The number of nitrogens with one attached hydrogen (secondary N) is 1. The third-order valence-corrected chi connectivity index (χ3v) is 4.26. The number of carbonyl (C=O) groups excluding carboxylic acids is 2. The lowest BCUT2D eigenvalue weighted by atomic mass is 10.2. The van der Waals surface area contributed by atoms with E-state index in [9.17, 15) is 18.0 Å². The van der Waals surface area contributed by atoms with Crippen LogP contribution in [-0.4, -0.2) is 38.9 Å². The van der Waals surface area contributed by atoms with Crippen molar-refractivity contribution in [2.75, 3.05) is 29.7 Å². The normalized spacial score (nSPS) is 11.0. The van der Waals surface area contributed by atoms with Crippen molar-refractivity contribution >= 4 is 33.1 Å². The van der Waals surface area contributed by atoms with Crippen LogP contribution in [0.5, 0.6) is 0 Å². The van der Waals surface area contributed by atoms with Crippen molar-refractivity contribution in [3.05, 3.63) is 23.8 Å². The number of methoxy groups -OCH3 is 1. The van der Waals surface area contributed by atoms with Crippen LogP contribution in [0, 0.1) is 6.92 Å². The number of rotatable bonds is 6. The molecule has 0 spiro atoms. The zero-order chi connectivity index (χ0) is 16.0. The molecule has 8 heteroatoms. The van der Waals surface area contributed by atoms with Crippen molar-refractivity contribution in [2.45, 2.75) is 13.3 Å². The number of carbonyl (C=O) groups is 2. The molecule has 7 nitrogen and oxygen atoms in total. The van der Waals surface area contributed by atoms with Crippen LogP contribution in [0.25, 0.3) is 0 Å². The first-order valence-electron chi connectivity index (χ1n) is 6.17. The van der Waals surface area contributed by atoms with Crippen molar-refractivity contribution in [3.63, 3.8) is 0 Å². The Morgan fingerprint density at radius 1 is 1.33 bits per heavy atom. The Hall–Kier alpha value is -2.09. The number of benzene rings is 1. The van der Waals surface area contributed by atoms with Gasteiger partial charge in [-0.15, -0.1) is 0 Å². The van der Waals surface area contributed by atoms with Crippen molar-refractivity contribution in [3.8, 4) is 0 Å². The molecule has 0 radical (unpaired) electrons. The van der Waals surface area contributed by atoms with Gasteiger partial charge in [0.25, 0.3) is 0 Å². The third-order valence-electron chi connectivity index (χ3n) is 2.73. The lowest BCUT2D eigenvalue weighted by molar-refractivity contribution is -0.140. The number of esters is 1. The number of amides is 1. The van der Waals surface area contributed by atoms with Crippen LogP contribution in [0.4, 0.5) is 11.4 Å². The second-order valence-electron chi connectivity index (χ2n) is 4.54. The highest BCUT2D eigenvalue weighted by Gasteiger charge is 2.19. The molecule has 1 amide bonds. The van der Waals surface area contributed by atoms with Gasteiger partial charge in [0.2, 0.25) is 5.91 Å². The van der Waals surface area contributed by atoms with Crippen molar-refractivity contribution in [1.29, 1.82) is 0 Å². The Balaban J connectivity index is 2.64. The van der Waals surface area contributed by atoms with Gasteiger partial charge in [-0.25, -0.2) is 8.42 Å². The summed E-state index contributed by atoms with van der Waals surface area (Å²) in [5.41, 5.74) is 7.30. The first kappa shape index (κ1) is 17.0. The molecule has 0 atom stereocenters. The molecular weight excluding hydrogens is 296 g/mol. The number of ether oxygens (including phenoxy) is 1. The van der Waals surface area contributed by atoms with E-state index >= 15 is 0 Å². The molecule has 0 aliphatic rings. The molecule has 0 aliphatic carbocycles. The number of hydrogen-bond donors (Lipinski definition) is 2. The van der Waals surface area contributed by atoms with Crippen LogP contribution in [0.1, 0.15) is 12.0 Å². The summed E-state index contributed by atoms with van der Waals surface area (Å²) in [6, 6.07) is 4.95. The van der Waals surface area contributed by atoms with E-state index in [2.05, 4.69) is 10.1 Å². The molecule has 1 rings (SSSR count). The van der Waals surface area contributed by atoms with Gasteiger partial charge in [-0.3, -0.25) is 9.59 Å². The Morgan fingerprint density at radius 3 is 2.62 bits per heavy atom. The minimum absolute atomic E-state index is 0.274.